The van der Waals surface area contributed by atoms with E-state index in [1.165, 1.54) is 20.8 Å². The van der Waals surface area contributed by atoms with Gasteiger partial charge in [0.2, 0.25) is 27.7 Å². The number of rotatable bonds is 6. The standard InChI is InChI=1S/C37H47FN6O10S/c1-5-30(45)42-15-7-10-23-18-37(23,33(48)41-55(51,52)25-13-14-25)40-31(46)29-17-24(53-35(50)43-19-22-9-6-11-27(38)26(22)21-43)20-44(29)32(47)28(12-8-16-42)39-34(49)54-36(2,3)4/h5-7,9-11,23-25,28-29H,1,8,12-21H2,2-4H3,(H,39,49)(H,40,46)(H,41,48)/b10-7-/t23?,24-,28?,29+,37?/m1/s1. The van der Waals surface area contributed by atoms with Gasteiger partial charge < -0.3 is 29.9 Å². The quantitative estimate of drug-likeness (QED) is 0.283. The molecule has 298 valence electrons. The van der Waals surface area contributed by atoms with Crippen molar-refractivity contribution in [2.24, 2.45) is 5.92 Å². The number of amides is 6. The Morgan fingerprint density at radius 1 is 1.09 bits per heavy atom. The van der Waals surface area contributed by atoms with Gasteiger partial charge >= 0.3 is 12.2 Å². The van der Waals surface area contributed by atoms with Gasteiger partial charge in [-0.25, -0.2) is 22.4 Å². The van der Waals surface area contributed by atoms with Crippen molar-refractivity contribution in [2.75, 3.05) is 19.6 Å². The number of halogens is 1. The SMILES string of the molecule is C=CC(=O)N1C/C=C\C2CC2(C(=O)NS(=O)(=O)C2CC2)NC(=O)[C@@H]2C[C@@H](OC(=O)N3Cc4cccc(F)c4C3)CN2C(=O)C(NC(=O)OC(C)(C)C)CCC1. The molecule has 3 N–H and O–H groups in total. The van der Waals surface area contributed by atoms with Crippen LogP contribution in [0.15, 0.2) is 43.0 Å². The van der Waals surface area contributed by atoms with Gasteiger partial charge in [-0.3, -0.25) is 28.8 Å². The summed E-state index contributed by atoms with van der Waals surface area (Å²) in [5.41, 5.74) is -1.64. The molecule has 1 aromatic rings. The molecule has 3 aliphatic heterocycles. The fourth-order valence-corrected chi connectivity index (χ4v) is 8.60. The Bertz CT molecular complexity index is 1910. The third-order valence-corrected chi connectivity index (χ3v) is 12.2. The zero-order valence-electron chi connectivity index (χ0n) is 31.0. The fraction of sp³-hybridized carbons (Fsp3) is 0.568. The number of nitrogens with zero attached hydrogens (tertiary/aromatic N) is 3. The number of carbonyl (C=O) groups excluding carboxylic acids is 6. The molecule has 3 heterocycles. The first kappa shape index (κ1) is 39.7. The lowest BCUT2D eigenvalue weighted by atomic mass is 10.1. The van der Waals surface area contributed by atoms with Gasteiger partial charge in [0.05, 0.1) is 18.3 Å². The fourth-order valence-electron chi connectivity index (χ4n) is 7.24. The molecule has 3 fully saturated rings. The van der Waals surface area contributed by atoms with Crippen LogP contribution in [0.25, 0.3) is 0 Å². The minimum Gasteiger partial charge on any atom is -0.444 e. The maximum absolute atomic E-state index is 14.5. The number of ether oxygens (including phenoxy) is 2. The minimum absolute atomic E-state index is 0.0175. The van der Waals surface area contributed by atoms with Crippen molar-refractivity contribution in [1.82, 2.24) is 30.1 Å². The summed E-state index contributed by atoms with van der Waals surface area (Å²) in [4.78, 5) is 85.6. The molecule has 55 heavy (non-hydrogen) atoms. The summed E-state index contributed by atoms with van der Waals surface area (Å²) in [6.45, 7) is 8.52. The van der Waals surface area contributed by atoms with Crippen molar-refractivity contribution >= 4 is 45.8 Å². The summed E-state index contributed by atoms with van der Waals surface area (Å²) < 4.78 is 53.5. The van der Waals surface area contributed by atoms with Gasteiger partial charge in [-0.2, -0.15) is 0 Å². The third-order valence-electron chi connectivity index (χ3n) is 10.4. The van der Waals surface area contributed by atoms with Crippen LogP contribution in [0.5, 0.6) is 0 Å². The van der Waals surface area contributed by atoms with Crippen LogP contribution in [0.4, 0.5) is 14.0 Å². The molecule has 3 unspecified atom stereocenters. The van der Waals surface area contributed by atoms with Gasteiger partial charge in [0.25, 0.3) is 5.91 Å². The van der Waals surface area contributed by atoms with E-state index in [0.29, 0.717) is 24.0 Å². The van der Waals surface area contributed by atoms with Crippen LogP contribution < -0.4 is 15.4 Å². The zero-order chi connectivity index (χ0) is 39.9. The Morgan fingerprint density at radius 3 is 2.51 bits per heavy atom. The number of carbonyl (C=O) groups is 6. The second kappa shape index (κ2) is 15.3. The normalized spacial score (nSPS) is 27.6. The molecular weight excluding hydrogens is 740 g/mol. The predicted octanol–water partition coefficient (Wildman–Crippen LogP) is 1.99. The van der Waals surface area contributed by atoms with Gasteiger partial charge in [-0.05, 0) is 70.6 Å². The first-order valence-electron chi connectivity index (χ1n) is 18.4. The van der Waals surface area contributed by atoms with Crippen molar-refractivity contribution in [3.63, 3.8) is 0 Å². The number of nitrogens with one attached hydrogen (secondary N) is 3. The van der Waals surface area contributed by atoms with Crippen LogP contribution in [-0.4, -0.2) is 113 Å². The van der Waals surface area contributed by atoms with Gasteiger partial charge in [0, 0.05) is 37.5 Å². The first-order chi connectivity index (χ1) is 25.9. The first-order valence-corrected chi connectivity index (χ1v) is 19.9. The molecular formula is C37H47FN6O10S. The van der Waals surface area contributed by atoms with E-state index in [4.69, 9.17) is 9.47 Å². The van der Waals surface area contributed by atoms with Gasteiger partial charge in [0.1, 0.15) is 35.1 Å². The number of alkyl carbamates (subject to hydrolysis) is 1. The lowest BCUT2D eigenvalue weighted by Gasteiger charge is -2.30. The predicted molar refractivity (Wildman–Crippen MR) is 193 cm³/mol. The minimum atomic E-state index is -4.01. The van der Waals surface area contributed by atoms with Gasteiger partial charge in [-0.15, -0.1) is 0 Å². The Balaban J connectivity index is 1.29. The summed E-state index contributed by atoms with van der Waals surface area (Å²) in [5.74, 6) is -3.97. The van der Waals surface area contributed by atoms with E-state index in [0.717, 1.165) is 6.08 Å². The molecule has 5 aliphatic rings. The molecule has 1 aromatic carbocycles. The van der Waals surface area contributed by atoms with Crippen LogP contribution in [0.1, 0.15) is 70.4 Å². The van der Waals surface area contributed by atoms with Gasteiger partial charge in [0.15, 0.2) is 0 Å². The lowest BCUT2D eigenvalue weighted by molar-refractivity contribution is -0.141. The maximum atomic E-state index is 14.5. The molecule has 5 atom stereocenters. The Kier molecular flexibility index (Phi) is 11.0. The number of fused-ring (bicyclic) bond motifs is 3. The maximum Gasteiger partial charge on any atom is 0.410 e. The highest BCUT2D eigenvalue weighted by molar-refractivity contribution is 7.91. The van der Waals surface area contributed by atoms with E-state index in [1.54, 1.807) is 45.1 Å². The van der Waals surface area contributed by atoms with Crippen molar-refractivity contribution in [3.8, 4) is 0 Å². The summed E-state index contributed by atoms with van der Waals surface area (Å²) in [5, 5.41) is 4.61. The van der Waals surface area contributed by atoms with E-state index in [2.05, 4.69) is 21.9 Å². The summed E-state index contributed by atoms with van der Waals surface area (Å²) in [6, 6.07) is 1.96. The van der Waals surface area contributed by atoms with Crippen LogP contribution in [0, 0.1) is 11.7 Å². The summed E-state index contributed by atoms with van der Waals surface area (Å²) in [7, 11) is -4.01. The molecule has 6 rings (SSSR count). The lowest BCUT2D eigenvalue weighted by Crippen LogP contribution is -2.58. The van der Waals surface area contributed by atoms with Crippen LogP contribution in [0.2, 0.25) is 0 Å². The highest BCUT2D eigenvalue weighted by Gasteiger charge is 2.62. The Morgan fingerprint density at radius 2 is 1.84 bits per heavy atom. The van der Waals surface area contributed by atoms with E-state index >= 15 is 0 Å². The Hall–Kier alpha value is -5.00. The number of hydrogen-bond donors (Lipinski definition) is 3. The highest BCUT2D eigenvalue weighted by atomic mass is 32.2. The molecule has 18 heteroatoms. The monoisotopic (exact) mass is 786 g/mol. The molecule has 6 amide bonds. The van der Waals surface area contributed by atoms with Crippen LogP contribution >= 0.6 is 0 Å². The summed E-state index contributed by atoms with van der Waals surface area (Å²) in [6.07, 6.45) is 2.57. The van der Waals surface area contributed by atoms with Crippen LogP contribution in [0.3, 0.4) is 0 Å². The molecule has 2 aliphatic carbocycles. The highest BCUT2D eigenvalue weighted by Crippen LogP contribution is 2.46. The van der Waals surface area contributed by atoms with E-state index < -0.39 is 92.2 Å². The van der Waals surface area contributed by atoms with E-state index in [-0.39, 0.29) is 58.4 Å². The van der Waals surface area contributed by atoms with Crippen molar-refractivity contribution < 1.29 is 51.0 Å². The number of hydrogen-bond acceptors (Lipinski definition) is 10. The molecule has 16 nitrogen and oxygen atoms in total. The number of sulfonamides is 1. The molecule has 0 radical (unpaired) electrons. The zero-order valence-corrected chi connectivity index (χ0v) is 31.9. The van der Waals surface area contributed by atoms with Gasteiger partial charge in [-0.1, -0.05) is 30.9 Å². The number of benzene rings is 1. The summed E-state index contributed by atoms with van der Waals surface area (Å²) >= 11 is 0. The molecule has 0 aromatic heterocycles. The average Bonchev–Trinajstić information content (AvgIpc) is 3.99. The smallest absolute Gasteiger partial charge is 0.410 e. The van der Waals surface area contributed by atoms with Crippen molar-refractivity contribution in [2.45, 2.75) is 107 Å². The van der Waals surface area contributed by atoms with Crippen molar-refractivity contribution in [1.29, 1.82) is 0 Å². The van der Waals surface area contributed by atoms with Crippen LogP contribution in [-0.2, 0) is 51.8 Å². The van der Waals surface area contributed by atoms with E-state index in [1.807, 2.05) is 0 Å². The molecule has 1 saturated heterocycles. The molecule has 0 bridgehead atoms. The van der Waals surface area contributed by atoms with Crippen molar-refractivity contribution in [3.05, 3.63) is 60.0 Å². The molecule has 0 spiro atoms. The van der Waals surface area contributed by atoms with E-state index in [9.17, 15) is 41.6 Å². The Labute approximate surface area is 318 Å². The molecule has 2 saturated carbocycles. The largest absolute Gasteiger partial charge is 0.444 e. The average molecular weight is 787 g/mol. The third kappa shape index (κ3) is 8.95. The topological polar surface area (TPSA) is 201 Å². The second-order valence-corrected chi connectivity index (χ2v) is 17.6. The second-order valence-electron chi connectivity index (χ2n) is 15.7.